The predicted molar refractivity (Wildman–Crippen MR) is 96.7 cm³/mol. The van der Waals surface area contributed by atoms with Crippen LogP contribution in [0.3, 0.4) is 0 Å². The number of imidazole rings is 1. The van der Waals surface area contributed by atoms with E-state index in [0.29, 0.717) is 6.04 Å². The molecule has 4 rings (SSSR count). The summed E-state index contributed by atoms with van der Waals surface area (Å²) in [5, 5.41) is 3.86. The zero-order valence-electron chi connectivity index (χ0n) is 14.6. The second kappa shape index (κ2) is 7.08. The molecule has 2 aliphatic rings. The summed E-state index contributed by atoms with van der Waals surface area (Å²) in [5.41, 5.74) is 1.42. The Bertz CT molecular complexity index is 651. The van der Waals surface area contributed by atoms with Gasteiger partial charge in [0.25, 0.3) is 0 Å². The summed E-state index contributed by atoms with van der Waals surface area (Å²) >= 11 is 0. The van der Waals surface area contributed by atoms with Crippen LogP contribution in [0.15, 0.2) is 42.7 Å². The Labute approximate surface area is 144 Å². The minimum absolute atomic E-state index is 0.623. The fourth-order valence-corrected chi connectivity index (χ4v) is 4.23. The molecule has 0 saturated carbocycles. The first-order chi connectivity index (χ1) is 11.8. The van der Waals surface area contributed by atoms with E-state index in [1.54, 1.807) is 0 Å². The van der Waals surface area contributed by atoms with Gasteiger partial charge in [-0.15, -0.1) is 0 Å². The number of aryl methyl sites for hydroxylation is 1. The van der Waals surface area contributed by atoms with Gasteiger partial charge in [-0.25, -0.2) is 4.98 Å². The Morgan fingerprint density at radius 3 is 2.92 bits per heavy atom. The number of aromatic nitrogens is 2. The number of likely N-dealkylation sites (tertiary alicyclic amines) is 1. The van der Waals surface area contributed by atoms with Gasteiger partial charge in [0.1, 0.15) is 5.82 Å². The molecule has 1 aromatic heterocycles. The summed E-state index contributed by atoms with van der Waals surface area (Å²) in [4.78, 5) is 7.02. The second-order valence-corrected chi connectivity index (χ2v) is 7.57. The van der Waals surface area contributed by atoms with Crippen molar-refractivity contribution in [3.63, 3.8) is 0 Å². The van der Waals surface area contributed by atoms with Crippen molar-refractivity contribution in [2.75, 3.05) is 19.6 Å². The van der Waals surface area contributed by atoms with E-state index in [4.69, 9.17) is 0 Å². The number of nitrogens with one attached hydrogen (secondary N) is 1. The molecule has 0 radical (unpaired) electrons. The summed E-state index contributed by atoms with van der Waals surface area (Å²) < 4.78 is 2.33. The molecular formula is C20H28N4. The van der Waals surface area contributed by atoms with Crippen LogP contribution in [-0.4, -0.2) is 40.1 Å². The molecule has 4 heteroatoms. The molecule has 1 N–H and O–H groups in total. The molecule has 1 saturated heterocycles. The van der Waals surface area contributed by atoms with Crippen LogP contribution in [0.2, 0.25) is 0 Å². The van der Waals surface area contributed by atoms with E-state index in [-0.39, 0.29) is 0 Å². The molecule has 3 heterocycles. The summed E-state index contributed by atoms with van der Waals surface area (Å²) in [5.74, 6) is 2.72. The third-order valence-corrected chi connectivity index (χ3v) is 5.64. The van der Waals surface area contributed by atoms with Gasteiger partial charge in [-0.3, -0.25) is 4.90 Å². The third kappa shape index (κ3) is 3.55. The summed E-state index contributed by atoms with van der Waals surface area (Å²) in [7, 11) is 0. The lowest BCUT2D eigenvalue weighted by atomic mass is 9.98. The highest BCUT2D eigenvalue weighted by Gasteiger charge is 2.30. The Morgan fingerprint density at radius 2 is 2.04 bits per heavy atom. The molecule has 0 aliphatic carbocycles. The van der Waals surface area contributed by atoms with Crippen molar-refractivity contribution in [3.8, 4) is 0 Å². The number of nitrogens with zero attached hydrogens (tertiary/aromatic N) is 3. The van der Waals surface area contributed by atoms with Crippen molar-refractivity contribution in [2.45, 2.75) is 38.9 Å². The van der Waals surface area contributed by atoms with Gasteiger partial charge in [0, 0.05) is 51.0 Å². The summed E-state index contributed by atoms with van der Waals surface area (Å²) in [6, 6.07) is 11.5. The number of rotatable bonds is 5. The number of hydrogen-bond acceptors (Lipinski definition) is 3. The Balaban J connectivity index is 1.27. The molecule has 1 aromatic carbocycles. The summed E-state index contributed by atoms with van der Waals surface area (Å²) in [6.07, 6.45) is 6.45. The van der Waals surface area contributed by atoms with Gasteiger partial charge in [0.15, 0.2) is 0 Å². The molecular weight excluding hydrogens is 296 g/mol. The van der Waals surface area contributed by atoms with Crippen molar-refractivity contribution in [2.24, 2.45) is 11.8 Å². The van der Waals surface area contributed by atoms with Gasteiger partial charge < -0.3 is 9.88 Å². The SMILES string of the molecule is C[C@@H]1CN(Cc2ccccc2)C[C@H]1NC[C@H]1CCc2nccn2C1. The lowest BCUT2D eigenvalue weighted by Gasteiger charge is -2.26. The predicted octanol–water partition coefficient (Wildman–Crippen LogP) is 2.56. The molecule has 0 spiro atoms. The van der Waals surface area contributed by atoms with Crippen LogP contribution in [0.25, 0.3) is 0 Å². The van der Waals surface area contributed by atoms with Crippen LogP contribution in [0.4, 0.5) is 0 Å². The highest BCUT2D eigenvalue weighted by molar-refractivity contribution is 5.14. The molecule has 0 amide bonds. The fourth-order valence-electron chi connectivity index (χ4n) is 4.23. The average Bonchev–Trinajstić information content (AvgIpc) is 3.19. The van der Waals surface area contributed by atoms with Gasteiger partial charge in [0.05, 0.1) is 0 Å². The van der Waals surface area contributed by atoms with Crippen LogP contribution in [0.5, 0.6) is 0 Å². The van der Waals surface area contributed by atoms with Crippen molar-refractivity contribution < 1.29 is 0 Å². The molecule has 24 heavy (non-hydrogen) atoms. The van der Waals surface area contributed by atoms with E-state index in [1.807, 2.05) is 6.20 Å². The quantitative estimate of drug-likeness (QED) is 0.917. The summed E-state index contributed by atoms with van der Waals surface area (Å²) in [6.45, 7) is 8.08. The molecule has 128 valence electrons. The minimum Gasteiger partial charge on any atom is -0.335 e. The average molecular weight is 324 g/mol. The maximum Gasteiger partial charge on any atom is 0.108 e. The highest BCUT2D eigenvalue weighted by atomic mass is 15.2. The van der Waals surface area contributed by atoms with Crippen LogP contribution in [0.1, 0.15) is 24.7 Å². The van der Waals surface area contributed by atoms with E-state index in [9.17, 15) is 0 Å². The van der Waals surface area contributed by atoms with Crippen LogP contribution in [0, 0.1) is 11.8 Å². The standard InChI is InChI=1S/C20H28N4/c1-16-12-23(13-17-5-3-2-4-6-17)15-19(16)22-11-18-7-8-20-21-9-10-24(20)14-18/h2-6,9-10,16,18-19,22H,7-8,11-15H2,1H3/t16-,18-,19-/m1/s1. The van der Waals surface area contributed by atoms with Gasteiger partial charge in [-0.05, 0) is 30.4 Å². The number of hydrogen-bond donors (Lipinski definition) is 1. The van der Waals surface area contributed by atoms with Gasteiger partial charge in [0.2, 0.25) is 0 Å². The largest absolute Gasteiger partial charge is 0.335 e. The van der Waals surface area contributed by atoms with E-state index < -0.39 is 0 Å². The lowest BCUT2D eigenvalue weighted by molar-refractivity contribution is 0.304. The number of benzene rings is 1. The maximum atomic E-state index is 4.43. The molecule has 2 aromatic rings. The highest BCUT2D eigenvalue weighted by Crippen LogP contribution is 2.21. The van der Waals surface area contributed by atoms with Crippen LogP contribution >= 0.6 is 0 Å². The molecule has 3 atom stereocenters. The van der Waals surface area contributed by atoms with E-state index in [2.05, 4.69) is 63.2 Å². The Kier molecular flexibility index (Phi) is 4.67. The van der Waals surface area contributed by atoms with Crippen molar-refractivity contribution >= 4 is 0 Å². The topological polar surface area (TPSA) is 33.1 Å². The first kappa shape index (κ1) is 15.9. The van der Waals surface area contributed by atoms with Gasteiger partial charge in [-0.1, -0.05) is 37.3 Å². The van der Waals surface area contributed by atoms with E-state index in [0.717, 1.165) is 37.9 Å². The van der Waals surface area contributed by atoms with E-state index >= 15 is 0 Å². The van der Waals surface area contributed by atoms with Gasteiger partial charge >= 0.3 is 0 Å². The first-order valence-corrected chi connectivity index (χ1v) is 9.27. The minimum atomic E-state index is 0.623. The third-order valence-electron chi connectivity index (χ3n) is 5.64. The fraction of sp³-hybridized carbons (Fsp3) is 0.550. The Morgan fingerprint density at radius 1 is 1.17 bits per heavy atom. The lowest BCUT2D eigenvalue weighted by Crippen LogP contribution is -2.40. The maximum absolute atomic E-state index is 4.43. The Hall–Kier alpha value is -1.65. The van der Waals surface area contributed by atoms with Gasteiger partial charge in [-0.2, -0.15) is 0 Å². The zero-order valence-corrected chi connectivity index (χ0v) is 14.6. The molecule has 0 unspecified atom stereocenters. The molecule has 0 bridgehead atoms. The monoisotopic (exact) mass is 324 g/mol. The van der Waals surface area contributed by atoms with Crippen molar-refractivity contribution in [1.82, 2.24) is 19.8 Å². The smallest absolute Gasteiger partial charge is 0.108 e. The molecule has 4 nitrogen and oxygen atoms in total. The van der Waals surface area contributed by atoms with Crippen molar-refractivity contribution in [3.05, 3.63) is 54.1 Å². The normalized spacial score (nSPS) is 27.3. The van der Waals surface area contributed by atoms with Crippen LogP contribution in [-0.2, 0) is 19.5 Å². The number of fused-ring (bicyclic) bond motifs is 1. The molecule has 2 aliphatic heterocycles. The zero-order chi connectivity index (χ0) is 16.4. The van der Waals surface area contributed by atoms with E-state index in [1.165, 1.54) is 30.9 Å². The molecule has 1 fully saturated rings. The second-order valence-electron chi connectivity index (χ2n) is 7.57. The van der Waals surface area contributed by atoms with Crippen LogP contribution < -0.4 is 5.32 Å². The first-order valence-electron chi connectivity index (χ1n) is 9.27. The van der Waals surface area contributed by atoms with Crippen molar-refractivity contribution in [1.29, 1.82) is 0 Å².